The van der Waals surface area contributed by atoms with Crippen molar-refractivity contribution in [2.75, 3.05) is 0 Å². The van der Waals surface area contributed by atoms with Crippen LogP contribution in [0.3, 0.4) is 0 Å². The van der Waals surface area contributed by atoms with Gasteiger partial charge in [0.15, 0.2) is 6.29 Å². The lowest BCUT2D eigenvalue weighted by Crippen LogP contribution is -2.65. The van der Waals surface area contributed by atoms with Crippen molar-refractivity contribution in [1.82, 2.24) is 5.32 Å². The molecule has 1 aromatic rings. The second kappa shape index (κ2) is 11.5. The summed E-state index contributed by atoms with van der Waals surface area (Å²) < 4.78 is 24.8. The van der Waals surface area contributed by atoms with Crippen LogP contribution >= 0.6 is 0 Å². The van der Waals surface area contributed by atoms with Gasteiger partial charge in [0.1, 0.15) is 17.8 Å². The highest BCUT2D eigenvalue weighted by Gasteiger charge is 2.55. The fraction of sp³-hybridized carbons (Fsp3) is 0.750. The Bertz CT molecular complexity index is 1130. The predicted octanol–water partition coefficient (Wildman–Crippen LogP) is 4.64. The lowest BCUT2D eigenvalue weighted by molar-refractivity contribution is -0.313. The minimum absolute atomic E-state index is 0.201. The molecular weight excluding hydrogens is 526 g/mol. The fourth-order valence-corrected chi connectivity index (χ4v) is 7.81. The molecule has 0 spiro atoms. The van der Waals surface area contributed by atoms with Crippen molar-refractivity contribution in [1.29, 1.82) is 0 Å². The van der Waals surface area contributed by atoms with E-state index in [0.717, 1.165) is 22.3 Å². The minimum atomic E-state index is -1.64. The molecule has 0 aromatic heterocycles. The zero-order valence-electron chi connectivity index (χ0n) is 26.2. The number of amides is 1. The van der Waals surface area contributed by atoms with E-state index < -0.39 is 65.9 Å². The number of hydrogen-bond acceptors (Lipinski definition) is 8. The number of aryl methyl sites for hydroxylation is 3. The summed E-state index contributed by atoms with van der Waals surface area (Å²) in [5.41, 5.74) is 1.02. The summed E-state index contributed by atoms with van der Waals surface area (Å²) in [7, 11) is 0. The summed E-state index contributed by atoms with van der Waals surface area (Å²) in [6.45, 7) is 18.8. The van der Waals surface area contributed by atoms with Crippen LogP contribution in [0.25, 0.3) is 0 Å². The Morgan fingerprint density at radius 3 is 2.12 bits per heavy atom. The van der Waals surface area contributed by atoms with Gasteiger partial charge in [-0.15, -0.1) is 0 Å². The fourth-order valence-electron chi connectivity index (χ4n) is 7.81. The van der Waals surface area contributed by atoms with Crippen molar-refractivity contribution in [2.24, 2.45) is 23.7 Å². The van der Waals surface area contributed by atoms with Crippen LogP contribution in [-0.2, 0) is 23.7 Å². The zero-order valence-corrected chi connectivity index (χ0v) is 26.2. The van der Waals surface area contributed by atoms with Gasteiger partial charge < -0.3 is 34.5 Å². The highest BCUT2D eigenvalue weighted by Crippen LogP contribution is 2.45. The first-order valence-electron chi connectivity index (χ1n) is 15.0. The van der Waals surface area contributed by atoms with E-state index >= 15 is 0 Å². The van der Waals surface area contributed by atoms with Gasteiger partial charge >= 0.3 is 12.1 Å². The Hall–Kier alpha value is -2.20. The molecule has 12 atom stereocenters. The van der Waals surface area contributed by atoms with Gasteiger partial charge in [-0.2, -0.15) is 0 Å². The van der Waals surface area contributed by atoms with Crippen molar-refractivity contribution >= 4 is 12.1 Å². The van der Waals surface area contributed by atoms with Crippen molar-refractivity contribution in [2.45, 2.75) is 130 Å². The summed E-state index contributed by atoms with van der Waals surface area (Å²) in [6, 6.07) is 3.74. The topological polar surface area (TPSA) is 124 Å². The van der Waals surface area contributed by atoms with Crippen molar-refractivity contribution in [3.8, 4) is 0 Å². The smallest absolute Gasteiger partial charge is 0.407 e. The monoisotopic (exact) mass is 575 g/mol. The molecule has 3 saturated heterocycles. The summed E-state index contributed by atoms with van der Waals surface area (Å²) >= 11 is 0. The predicted molar refractivity (Wildman–Crippen MR) is 153 cm³/mol. The Kier molecular flexibility index (Phi) is 8.88. The van der Waals surface area contributed by atoms with Crippen LogP contribution in [0.4, 0.5) is 4.79 Å². The highest BCUT2D eigenvalue weighted by molar-refractivity contribution is 5.73. The number of esters is 1. The van der Waals surface area contributed by atoms with Crippen LogP contribution in [0.5, 0.6) is 0 Å². The molecule has 3 heterocycles. The van der Waals surface area contributed by atoms with Crippen LogP contribution in [0, 0.1) is 44.4 Å². The number of cyclic esters (lactones) is 1. The molecule has 4 bridgehead atoms. The molecule has 0 unspecified atom stereocenters. The van der Waals surface area contributed by atoms with E-state index in [2.05, 4.69) is 17.4 Å². The third-order valence-electron chi connectivity index (χ3n) is 9.77. The largest absolute Gasteiger partial charge is 0.459 e. The van der Waals surface area contributed by atoms with Crippen LogP contribution in [0.1, 0.15) is 89.9 Å². The third kappa shape index (κ3) is 5.88. The molecular formula is C32H49NO8. The maximum atomic E-state index is 13.7. The van der Waals surface area contributed by atoms with Crippen LogP contribution in [-0.4, -0.2) is 63.9 Å². The van der Waals surface area contributed by atoms with E-state index in [1.54, 1.807) is 20.8 Å². The summed E-state index contributed by atoms with van der Waals surface area (Å²) in [6.07, 6.45) is -3.98. The number of benzene rings is 1. The second-order valence-electron chi connectivity index (χ2n) is 13.4. The molecule has 9 heteroatoms. The number of ether oxygens (including phenoxy) is 4. The number of alkyl carbamates (subject to hydrolysis) is 1. The number of rotatable bonds is 2. The number of aliphatic hydroxyl groups is 2. The van der Waals surface area contributed by atoms with Crippen LogP contribution in [0.15, 0.2) is 12.1 Å². The quantitative estimate of drug-likeness (QED) is 0.436. The zero-order chi connectivity index (χ0) is 30.6. The first-order chi connectivity index (χ1) is 19.0. The average Bonchev–Trinajstić information content (AvgIpc) is 2.86. The van der Waals surface area contributed by atoms with E-state index in [1.165, 1.54) is 0 Å². The van der Waals surface area contributed by atoms with Gasteiger partial charge in [-0.25, -0.2) is 4.79 Å². The van der Waals surface area contributed by atoms with E-state index in [-0.39, 0.29) is 17.8 Å². The van der Waals surface area contributed by atoms with E-state index in [4.69, 9.17) is 18.9 Å². The maximum Gasteiger partial charge on any atom is 0.407 e. The number of carbonyl (C=O) groups excluding carboxylic acids is 2. The third-order valence-corrected chi connectivity index (χ3v) is 9.77. The molecule has 3 fully saturated rings. The SMILES string of the molecule is CC[C@H]1OC(=O)[C@H](C)[C@H]2O[C@@H](c3c(C)cc(C)cc3C)O[C@H]([C@H]2C)[C@](C)(O)C[C@@H](C)[C@@H]2NC(=O)O[C@H]([C@H]2C)[C@]1(C)O. The summed E-state index contributed by atoms with van der Waals surface area (Å²) in [5, 5.41) is 26.8. The van der Waals surface area contributed by atoms with Gasteiger partial charge in [0, 0.05) is 23.4 Å². The van der Waals surface area contributed by atoms with Gasteiger partial charge in [-0.1, -0.05) is 45.4 Å². The maximum absolute atomic E-state index is 13.7. The molecule has 3 N–H and O–H groups in total. The van der Waals surface area contributed by atoms with Gasteiger partial charge in [0.25, 0.3) is 0 Å². The van der Waals surface area contributed by atoms with E-state index in [9.17, 15) is 19.8 Å². The molecule has 0 radical (unpaired) electrons. The van der Waals surface area contributed by atoms with Crippen molar-refractivity contribution in [3.05, 3.63) is 34.4 Å². The molecule has 0 aliphatic carbocycles. The second-order valence-corrected chi connectivity index (χ2v) is 13.4. The van der Waals surface area contributed by atoms with Crippen LogP contribution < -0.4 is 5.32 Å². The standard InChI is InChI=1S/C32H49NO8/c1-11-22-32(10,37)27-19(6)24(33-30(35)41-27)18(5)14-31(9,36)26-20(7)25(21(8)28(34)38-22)39-29(40-26)23-16(3)12-15(2)13-17(23)4/h12-13,18-22,24-27,29,36-37H,11,14H2,1-10H3,(H,33,35)/t18-,19+,20+,21-,22-,24+,25+,26-,27-,29-,31-,32-/m1/s1. The summed E-state index contributed by atoms with van der Waals surface area (Å²) in [4.78, 5) is 26.4. The molecule has 3 aliphatic rings. The number of hydrogen-bond donors (Lipinski definition) is 3. The average molecular weight is 576 g/mol. The first-order valence-corrected chi connectivity index (χ1v) is 15.0. The Morgan fingerprint density at radius 2 is 1.54 bits per heavy atom. The van der Waals surface area contributed by atoms with Gasteiger partial charge in [0.2, 0.25) is 0 Å². The van der Waals surface area contributed by atoms with Crippen LogP contribution in [0.2, 0.25) is 0 Å². The minimum Gasteiger partial charge on any atom is -0.459 e. The number of carbonyl (C=O) groups is 2. The Balaban J connectivity index is 1.82. The van der Waals surface area contributed by atoms with E-state index in [1.807, 2.05) is 48.5 Å². The molecule has 41 heavy (non-hydrogen) atoms. The van der Waals surface area contributed by atoms with Gasteiger partial charge in [0.05, 0.1) is 23.7 Å². The molecule has 1 aromatic carbocycles. The molecule has 1 amide bonds. The number of fused-ring (bicyclic) bond motifs is 4. The Labute approximate surface area is 244 Å². The van der Waals surface area contributed by atoms with Crippen molar-refractivity contribution < 1.29 is 38.7 Å². The first kappa shape index (κ1) is 31.7. The molecule has 9 nitrogen and oxygen atoms in total. The lowest BCUT2D eigenvalue weighted by Gasteiger charge is -2.51. The molecule has 0 saturated carbocycles. The normalized spacial score (nSPS) is 43.8. The lowest BCUT2D eigenvalue weighted by atomic mass is 9.71. The number of nitrogens with one attached hydrogen (secondary N) is 1. The van der Waals surface area contributed by atoms with Gasteiger partial charge in [-0.3, -0.25) is 4.79 Å². The Morgan fingerprint density at radius 1 is 0.927 bits per heavy atom. The molecule has 230 valence electrons. The van der Waals surface area contributed by atoms with Crippen molar-refractivity contribution in [3.63, 3.8) is 0 Å². The highest BCUT2D eigenvalue weighted by atomic mass is 16.7. The molecule has 4 rings (SSSR count). The van der Waals surface area contributed by atoms with Gasteiger partial charge in [-0.05, 0) is 71.4 Å². The molecule has 3 aliphatic heterocycles. The summed E-state index contributed by atoms with van der Waals surface area (Å²) in [5.74, 6) is -2.17. The van der Waals surface area contributed by atoms with E-state index in [0.29, 0.717) is 12.8 Å².